The van der Waals surface area contributed by atoms with Gasteiger partial charge in [0.2, 0.25) is 0 Å². The minimum atomic E-state index is 0.858. The van der Waals surface area contributed by atoms with Crippen molar-refractivity contribution in [3.8, 4) is 0 Å². The van der Waals surface area contributed by atoms with Gasteiger partial charge in [-0.15, -0.1) is 0 Å². The van der Waals surface area contributed by atoms with E-state index in [1.807, 2.05) is 6.07 Å². The molecule has 1 aliphatic rings. The summed E-state index contributed by atoms with van der Waals surface area (Å²) in [5.41, 5.74) is 2.61. The van der Waals surface area contributed by atoms with Crippen molar-refractivity contribution >= 4 is 16.8 Å². The Hall–Kier alpha value is -1.02. The van der Waals surface area contributed by atoms with Crippen molar-refractivity contribution in [1.82, 2.24) is 0 Å². The molecule has 1 aromatic rings. The van der Waals surface area contributed by atoms with Gasteiger partial charge in [0.1, 0.15) is 5.04 Å². The van der Waals surface area contributed by atoms with E-state index in [0.717, 1.165) is 11.6 Å². The Kier molecular flexibility index (Phi) is 2.73. The molecule has 2 rings (SSSR count). The topological polar surface area (TPSA) is 12.4 Å². The van der Waals surface area contributed by atoms with Crippen LogP contribution in [0.5, 0.6) is 0 Å². The molecule has 1 aromatic carbocycles. The number of benzene rings is 1. The monoisotopic (exact) mass is 203 g/mol. The van der Waals surface area contributed by atoms with Crippen LogP contribution in [0, 0.1) is 0 Å². The molecule has 0 amide bonds. The van der Waals surface area contributed by atoms with Gasteiger partial charge in [-0.3, -0.25) is 4.99 Å². The van der Waals surface area contributed by atoms with Crippen molar-refractivity contribution in [3.05, 3.63) is 46.4 Å². The van der Waals surface area contributed by atoms with Crippen LogP contribution in [0.2, 0.25) is 0 Å². The van der Waals surface area contributed by atoms with Crippen molar-refractivity contribution in [2.45, 2.75) is 13.8 Å². The minimum Gasteiger partial charge on any atom is -0.272 e. The molecule has 2 heteroatoms. The molecule has 0 unspecified atom stereocenters. The minimum absolute atomic E-state index is 0.858. The number of allylic oxidation sites excluding steroid dienone is 1. The molecule has 0 saturated heterocycles. The highest BCUT2D eigenvalue weighted by Gasteiger charge is 2.14. The SMILES string of the molecule is CC(C)=C1CN=C(c2ccccc2)S1. The zero-order chi connectivity index (χ0) is 9.97. The van der Waals surface area contributed by atoms with Gasteiger partial charge < -0.3 is 0 Å². The van der Waals surface area contributed by atoms with Crippen LogP contribution < -0.4 is 0 Å². The highest BCUT2D eigenvalue weighted by atomic mass is 32.2. The molecule has 0 atom stereocenters. The molecule has 0 fully saturated rings. The Bertz CT molecular complexity index is 386. The fraction of sp³-hybridized carbons (Fsp3) is 0.250. The summed E-state index contributed by atoms with van der Waals surface area (Å²) in [5.74, 6) is 0. The summed E-state index contributed by atoms with van der Waals surface area (Å²) in [6.07, 6.45) is 0. The third-order valence-corrected chi connectivity index (χ3v) is 3.51. The van der Waals surface area contributed by atoms with Gasteiger partial charge in [0.15, 0.2) is 0 Å². The van der Waals surface area contributed by atoms with Crippen LogP contribution in [0.1, 0.15) is 19.4 Å². The molecule has 0 spiro atoms. The molecule has 0 saturated carbocycles. The van der Waals surface area contributed by atoms with Crippen LogP contribution in [0.25, 0.3) is 0 Å². The molecule has 72 valence electrons. The van der Waals surface area contributed by atoms with Crippen LogP contribution in [0.3, 0.4) is 0 Å². The lowest BCUT2D eigenvalue weighted by atomic mass is 10.2. The fourth-order valence-corrected chi connectivity index (χ4v) is 2.27. The summed E-state index contributed by atoms with van der Waals surface area (Å²) in [6, 6.07) is 10.4. The van der Waals surface area contributed by atoms with Gasteiger partial charge in [-0.1, -0.05) is 47.7 Å². The number of nitrogens with zero attached hydrogens (tertiary/aromatic N) is 1. The molecule has 0 radical (unpaired) electrons. The standard InChI is InChI=1S/C12H13NS/c1-9(2)11-8-13-12(14-11)10-6-4-3-5-7-10/h3-7H,8H2,1-2H3. The second-order valence-corrected chi connectivity index (χ2v) is 4.60. The van der Waals surface area contributed by atoms with E-state index in [1.54, 1.807) is 11.8 Å². The van der Waals surface area contributed by atoms with Gasteiger partial charge in [0.05, 0.1) is 6.54 Å². The van der Waals surface area contributed by atoms with Crippen LogP contribution in [0.15, 0.2) is 45.8 Å². The first-order valence-corrected chi connectivity index (χ1v) is 5.53. The first-order valence-electron chi connectivity index (χ1n) is 4.71. The zero-order valence-corrected chi connectivity index (χ0v) is 9.27. The Morgan fingerprint density at radius 1 is 1.21 bits per heavy atom. The lowest BCUT2D eigenvalue weighted by Gasteiger charge is -1.99. The van der Waals surface area contributed by atoms with E-state index in [0.29, 0.717) is 0 Å². The average Bonchev–Trinajstić information content (AvgIpc) is 2.68. The largest absolute Gasteiger partial charge is 0.272 e. The maximum atomic E-state index is 4.53. The van der Waals surface area contributed by atoms with E-state index in [9.17, 15) is 0 Å². The van der Waals surface area contributed by atoms with Gasteiger partial charge in [-0.2, -0.15) is 0 Å². The predicted molar refractivity (Wildman–Crippen MR) is 63.8 cm³/mol. The quantitative estimate of drug-likeness (QED) is 0.680. The molecular formula is C12H13NS. The molecule has 1 nitrogen and oxygen atoms in total. The van der Waals surface area contributed by atoms with Crippen LogP contribution in [-0.2, 0) is 0 Å². The molecule has 1 aliphatic heterocycles. The number of aliphatic imine (C=N–C) groups is 1. The fourth-order valence-electron chi connectivity index (χ4n) is 1.32. The molecule has 14 heavy (non-hydrogen) atoms. The Labute approximate surface area is 88.9 Å². The highest BCUT2D eigenvalue weighted by molar-refractivity contribution is 8.18. The van der Waals surface area contributed by atoms with Gasteiger partial charge in [0.25, 0.3) is 0 Å². The summed E-state index contributed by atoms with van der Waals surface area (Å²) in [7, 11) is 0. The van der Waals surface area contributed by atoms with Crippen molar-refractivity contribution < 1.29 is 0 Å². The third-order valence-electron chi connectivity index (χ3n) is 2.16. The maximum Gasteiger partial charge on any atom is 0.103 e. The summed E-state index contributed by atoms with van der Waals surface area (Å²) in [4.78, 5) is 5.92. The van der Waals surface area contributed by atoms with E-state index >= 15 is 0 Å². The predicted octanol–water partition coefficient (Wildman–Crippen LogP) is 3.47. The van der Waals surface area contributed by atoms with Crippen molar-refractivity contribution in [1.29, 1.82) is 0 Å². The van der Waals surface area contributed by atoms with Crippen molar-refractivity contribution in [2.24, 2.45) is 4.99 Å². The molecule has 0 aliphatic carbocycles. The van der Waals surface area contributed by atoms with Crippen LogP contribution >= 0.6 is 11.8 Å². The number of rotatable bonds is 1. The first-order chi connectivity index (χ1) is 6.77. The average molecular weight is 203 g/mol. The smallest absolute Gasteiger partial charge is 0.103 e. The summed E-state index contributed by atoms with van der Waals surface area (Å²) >= 11 is 1.80. The van der Waals surface area contributed by atoms with Gasteiger partial charge in [-0.25, -0.2) is 0 Å². The second kappa shape index (κ2) is 4.01. The lowest BCUT2D eigenvalue weighted by Crippen LogP contribution is -1.89. The molecule has 0 N–H and O–H groups in total. The first kappa shape index (κ1) is 9.53. The van der Waals surface area contributed by atoms with Gasteiger partial charge in [-0.05, 0) is 13.8 Å². The van der Waals surface area contributed by atoms with Gasteiger partial charge >= 0.3 is 0 Å². The molecule has 1 heterocycles. The van der Waals surface area contributed by atoms with E-state index in [1.165, 1.54) is 16.0 Å². The third kappa shape index (κ3) is 1.90. The number of hydrogen-bond acceptors (Lipinski definition) is 2. The van der Waals surface area contributed by atoms with Crippen LogP contribution in [-0.4, -0.2) is 11.6 Å². The lowest BCUT2D eigenvalue weighted by molar-refractivity contribution is 1.20. The molecule has 0 aromatic heterocycles. The Balaban J connectivity index is 2.22. The van der Waals surface area contributed by atoms with Gasteiger partial charge in [0, 0.05) is 10.5 Å². The highest BCUT2D eigenvalue weighted by Crippen LogP contribution is 2.30. The van der Waals surface area contributed by atoms with Crippen molar-refractivity contribution in [2.75, 3.05) is 6.54 Å². The van der Waals surface area contributed by atoms with E-state index in [-0.39, 0.29) is 0 Å². The Morgan fingerprint density at radius 3 is 2.50 bits per heavy atom. The number of thioether (sulfide) groups is 1. The number of hydrogen-bond donors (Lipinski definition) is 0. The summed E-state index contributed by atoms with van der Waals surface area (Å²) in [5, 5.41) is 1.15. The summed E-state index contributed by atoms with van der Waals surface area (Å²) < 4.78 is 0. The van der Waals surface area contributed by atoms with E-state index < -0.39 is 0 Å². The van der Waals surface area contributed by atoms with E-state index in [2.05, 4.69) is 43.1 Å². The zero-order valence-electron chi connectivity index (χ0n) is 8.45. The Morgan fingerprint density at radius 2 is 1.93 bits per heavy atom. The maximum absolute atomic E-state index is 4.53. The summed E-state index contributed by atoms with van der Waals surface area (Å²) in [6.45, 7) is 5.15. The van der Waals surface area contributed by atoms with Crippen LogP contribution in [0.4, 0.5) is 0 Å². The van der Waals surface area contributed by atoms with E-state index in [4.69, 9.17) is 0 Å². The van der Waals surface area contributed by atoms with Crippen molar-refractivity contribution in [3.63, 3.8) is 0 Å². The normalized spacial score (nSPS) is 15.6. The molecular weight excluding hydrogens is 190 g/mol. The molecule has 0 bridgehead atoms. The second-order valence-electron chi connectivity index (χ2n) is 3.51.